The number of rotatable bonds is 18. The molecule has 4 aromatic rings. The number of methoxy groups -OCH3 is 3. The lowest BCUT2D eigenvalue weighted by Gasteiger charge is -2.38. The van der Waals surface area contributed by atoms with E-state index in [1.54, 1.807) is 21.3 Å². The van der Waals surface area contributed by atoms with Crippen molar-refractivity contribution in [1.82, 2.24) is 0 Å². The molecule has 6 nitrogen and oxygen atoms in total. The summed E-state index contributed by atoms with van der Waals surface area (Å²) >= 11 is 0. The molecule has 0 amide bonds. The van der Waals surface area contributed by atoms with E-state index in [1.165, 1.54) is 5.56 Å². The molecule has 0 fully saturated rings. The van der Waals surface area contributed by atoms with Crippen LogP contribution in [0.3, 0.4) is 0 Å². The van der Waals surface area contributed by atoms with Crippen molar-refractivity contribution < 1.29 is 28.1 Å². The summed E-state index contributed by atoms with van der Waals surface area (Å²) in [5, 5.41) is 0.111. The third-order valence-electron chi connectivity index (χ3n) is 9.40. The monoisotopic (exact) mass is 670 g/mol. The van der Waals surface area contributed by atoms with Crippen LogP contribution in [0, 0.1) is 5.92 Å². The van der Waals surface area contributed by atoms with Crippen molar-refractivity contribution in [3.63, 3.8) is 0 Å². The summed E-state index contributed by atoms with van der Waals surface area (Å²) in [4.78, 5) is 0. The van der Waals surface area contributed by atoms with Crippen LogP contribution in [-0.2, 0) is 28.8 Å². The van der Waals surface area contributed by atoms with Gasteiger partial charge in [0, 0.05) is 12.5 Å². The number of hydrogen-bond acceptors (Lipinski definition) is 6. The van der Waals surface area contributed by atoms with E-state index < -0.39 is 8.32 Å². The molecule has 48 heavy (non-hydrogen) atoms. The maximum absolute atomic E-state index is 6.89. The van der Waals surface area contributed by atoms with Gasteiger partial charge in [0.2, 0.25) is 0 Å². The zero-order valence-corrected chi connectivity index (χ0v) is 31.1. The van der Waals surface area contributed by atoms with Gasteiger partial charge in [-0.05, 0) is 83.4 Å². The van der Waals surface area contributed by atoms with Crippen molar-refractivity contribution in [2.75, 3.05) is 34.5 Å². The second kappa shape index (κ2) is 17.6. The Morgan fingerprint density at radius 2 is 1.19 bits per heavy atom. The predicted octanol–water partition coefficient (Wildman–Crippen LogP) is 9.86. The van der Waals surface area contributed by atoms with Gasteiger partial charge in [-0.1, -0.05) is 93.6 Å². The molecule has 0 radical (unpaired) electrons. The number of benzene rings is 4. The molecule has 0 aliphatic carbocycles. The van der Waals surface area contributed by atoms with E-state index in [0.717, 1.165) is 41.0 Å². The Kier molecular flexibility index (Phi) is 13.6. The lowest BCUT2D eigenvalue weighted by Crippen LogP contribution is -2.42. The standard InChI is InChI=1S/C41H54O6Si/c1-41(2,3)48(7,8)47-29-34(23-33-19-21-38(39(25-33)43-5)46-28-32-17-13-10-14-18-32)24-36(30-45-27-31-15-11-9-12-16-31)35-20-22-37(42-4)40(26-35)44-6/h9-22,25-26,34,36H,23-24,27-30H2,1-8H3. The molecule has 7 heteroatoms. The largest absolute Gasteiger partial charge is 0.493 e. The first kappa shape index (κ1) is 37.0. The summed E-state index contributed by atoms with van der Waals surface area (Å²) < 4.78 is 36.5. The smallest absolute Gasteiger partial charge is 0.191 e. The van der Waals surface area contributed by atoms with Gasteiger partial charge in [0.1, 0.15) is 6.61 Å². The van der Waals surface area contributed by atoms with Gasteiger partial charge in [-0.25, -0.2) is 0 Å². The van der Waals surface area contributed by atoms with Gasteiger partial charge in [0.25, 0.3) is 0 Å². The summed E-state index contributed by atoms with van der Waals surface area (Å²) in [5.74, 6) is 3.22. The molecule has 0 N–H and O–H groups in total. The van der Waals surface area contributed by atoms with E-state index in [9.17, 15) is 0 Å². The fourth-order valence-electron chi connectivity index (χ4n) is 5.48. The zero-order chi connectivity index (χ0) is 34.6. The van der Waals surface area contributed by atoms with Crippen LogP contribution in [0.15, 0.2) is 97.1 Å². The minimum atomic E-state index is -1.99. The van der Waals surface area contributed by atoms with Crippen LogP contribution >= 0.6 is 0 Å². The van der Waals surface area contributed by atoms with Crippen molar-refractivity contribution in [1.29, 1.82) is 0 Å². The van der Waals surface area contributed by atoms with E-state index >= 15 is 0 Å². The highest BCUT2D eigenvalue weighted by atomic mass is 28.4. The first-order valence-corrected chi connectivity index (χ1v) is 19.7. The Morgan fingerprint density at radius 1 is 0.604 bits per heavy atom. The molecule has 0 heterocycles. The first-order valence-electron chi connectivity index (χ1n) is 16.8. The topological polar surface area (TPSA) is 55.4 Å². The molecule has 0 saturated carbocycles. The summed E-state index contributed by atoms with van der Waals surface area (Å²) in [6.45, 7) is 13.8. The lowest BCUT2D eigenvalue weighted by atomic mass is 9.86. The summed E-state index contributed by atoms with van der Waals surface area (Å²) in [6.07, 6.45) is 1.69. The summed E-state index contributed by atoms with van der Waals surface area (Å²) in [7, 11) is 3.05. The van der Waals surface area contributed by atoms with Crippen molar-refractivity contribution in [2.24, 2.45) is 5.92 Å². The predicted molar refractivity (Wildman–Crippen MR) is 197 cm³/mol. The Balaban J connectivity index is 1.60. The molecular formula is C41H54O6Si. The van der Waals surface area contributed by atoms with Gasteiger partial charge in [0.05, 0.1) is 34.5 Å². The van der Waals surface area contributed by atoms with Crippen LogP contribution in [0.1, 0.15) is 55.4 Å². The number of hydrogen-bond donors (Lipinski definition) is 0. The van der Waals surface area contributed by atoms with Gasteiger partial charge in [-0.2, -0.15) is 0 Å². The maximum atomic E-state index is 6.89. The van der Waals surface area contributed by atoms with Gasteiger partial charge < -0.3 is 28.1 Å². The molecule has 0 spiro atoms. The average Bonchev–Trinajstić information content (AvgIpc) is 3.09. The fraction of sp³-hybridized carbons (Fsp3) is 0.415. The van der Waals surface area contributed by atoms with Crippen molar-refractivity contribution >= 4 is 8.32 Å². The van der Waals surface area contributed by atoms with Gasteiger partial charge >= 0.3 is 0 Å². The third kappa shape index (κ3) is 10.6. The van der Waals surface area contributed by atoms with Crippen molar-refractivity contribution in [3.05, 3.63) is 119 Å². The number of ether oxygens (including phenoxy) is 5. The second-order valence-corrected chi connectivity index (χ2v) is 18.8. The molecule has 4 aromatic carbocycles. The lowest BCUT2D eigenvalue weighted by molar-refractivity contribution is 0.0954. The molecule has 2 unspecified atom stereocenters. The van der Waals surface area contributed by atoms with Crippen LogP contribution < -0.4 is 18.9 Å². The second-order valence-electron chi connectivity index (χ2n) is 13.9. The Hall–Kier alpha value is -3.78. The van der Waals surface area contributed by atoms with Crippen LogP contribution in [0.2, 0.25) is 18.1 Å². The molecule has 2 atom stereocenters. The molecule has 258 valence electrons. The first-order chi connectivity index (χ1) is 23.0. The minimum absolute atomic E-state index is 0.108. The molecule has 0 aliphatic heterocycles. The summed E-state index contributed by atoms with van der Waals surface area (Å²) in [6, 6.07) is 33.0. The highest BCUT2D eigenvalue weighted by Crippen LogP contribution is 2.39. The Bertz CT molecular complexity index is 1530. The average molecular weight is 671 g/mol. The Morgan fingerprint density at radius 3 is 1.79 bits per heavy atom. The van der Waals surface area contributed by atoms with E-state index in [4.69, 9.17) is 28.1 Å². The zero-order valence-electron chi connectivity index (χ0n) is 30.1. The van der Waals surface area contributed by atoms with Crippen LogP contribution in [0.25, 0.3) is 0 Å². The molecule has 0 saturated heterocycles. The quantitative estimate of drug-likeness (QED) is 0.0983. The maximum Gasteiger partial charge on any atom is 0.191 e. The van der Waals surface area contributed by atoms with E-state index in [1.807, 2.05) is 48.5 Å². The van der Waals surface area contributed by atoms with Gasteiger partial charge in [-0.3, -0.25) is 0 Å². The fourth-order valence-corrected chi connectivity index (χ4v) is 6.57. The van der Waals surface area contributed by atoms with Crippen LogP contribution in [0.4, 0.5) is 0 Å². The van der Waals surface area contributed by atoms with E-state index in [0.29, 0.717) is 37.9 Å². The van der Waals surface area contributed by atoms with Crippen molar-refractivity contribution in [2.45, 2.75) is 70.9 Å². The minimum Gasteiger partial charge on any atom is -0.493 e. The molecule has 0 aliphatic rings. The normalized spacial score (nSPS) is 13.1. The van der Waals surface area contributed by atoms with E-state index in [-0.39, 0.29) is 16.9 Å². The van der Waals surface area contributed by atoms with Gasteiger partial charge in [-0.15, -0.1) is 0 Å². The molecular weight excluding hydrogens is 617 g/mol. The third-order valence-corrected chi connectivity index (χ3v) is 13.9. The summed E-state index contributed by atoms with van der Waals surface area (Å²) in [5.41, 5.74) is 4.60. The molecule has 0 aromatic heterocycles. The van der Waals surface area contributed by atoms with Crippen LogP contribution in [0.5, 0.6) is 23.0 Å². The highest BCUT2D eigenvalue weighted by molar-refractivity contribution is 6.74. The van der Waals surface area contributed by atoms with Crippen molar-refractivity contribution in [3.8, 4) is 23.0 Å². The highest BCUT2D eigenvalue weighted by Gasteiger charge is 2.38. The van der Waals surface area contributed by atoms with Gasteiger partial charge in [0.15, 0.2) is 31.3 Å². The Labute approximate surface area is 289 Å². The van der Waals surface area contributed by atoms with E-state index in [2.05, 4.69) is 82.4 Å². The SMILES string of the molecule is COc1ccc(C(COCc2ccccc2)CC(CO[Si](C)(C)C(C)(C)C)Cc2ccc(OCc3ccccc3)c(OC)c2)cc1OC. The molecule has 0 bridgehead atoms. The van der Waals surface area contributed by atoms with Crippen LogP contribution in [-0.4, -0.2) is 42.9 Å². The molecule has 4 rings (SSSR count).